The number of allylic oxidation sites excluding steroid dienone is 1. The molecule has 0 heterocycles. The Labute approximate surface area is 197 Å². The van der Waals surface area contributed by atoms with Crippen LogP contribution in [0.4, 0.5) is 0 Å². The molecule has 1 amide bonds. The molecule has 172 valence electrons. The Bertz CT molecular complexity index is 1020. The summed E-state index contributed by atoms with van der Waals surface area (Å²) in [6.45, 7) is 0. The van der Waals surface area contributed by atoms with Crippen molar-refractivity contribution in [3.63, 3.8) is 0 Å². The van der Waals surface area contributed by atoms with Crippen LogP contribution in [0.15, 0.2) is 66.2 Å². The average molecular weight is 441 g/mol. The van der Waals surface area contributed by atoms with Gasteiger partial charge in [-0.3, -0.25) is 4.79 Å². The molecule has 2 aromatic rings. The molecule has 0 radical (unpaired) electrons. The lowest BCUT2D eigenvalue weighted by Gasteiger charge is -2.62. The molecular formula is C30H36N2O. The normalized spacial score (nSPS) is 38.4. The van der Waals surface area contributed by atoms with Crippen molar-refractivity contribution in [2.45, 2.75) is 75.3 Å². The zero-order valence-corrected chi connectivity index (χ0v) is 19.5. The topological polar surface area (TPSA) is 55.1 Å². The van der Waals surface area contributed by atoms with Crippen LogP contribution in [0.3, 0.4) is 0 Å². The van der Waals surface area contributed by atoms with E-state index >= 15 is 0 Å². The van der Waals surface area contributed by atoms with Gasteiger partial charge in [-0.1, -0.05) is 72.3 Å². The lowest BCUT2D eigenvalue weighted by Crippen LogP contribution is -2.60. The van der Waals surface area contributed by atoms with Crippen molar-refractivity contribution in [3.05, 3.63) is 77.4 Å². The summed E-state index contributed by atoms with van der Waals surface area (Å²) in [6, 6.07) is 22.4. The van der Waals surface area contributed by atoms with E-state index in [4.69, 9.17) is 5.73 Å². The van der Waals surface area contributed by atoms with Gasteiger partial charge in [-0.15, -0.1) is 0 Å². The highest BCUT2D eigenvalue weighted by atomic mass is 16.2. The number of hydrogen-bond acceptors (Lipinski definition) is 2. The third-order valence-corrected chi connectivity index (χ3v) is 9.28. The van der Waals surface area contributed by atoms with Crippen molar-refractivity contribution in [3.8, 4) is 0 Å². The van der Waals surface area contributed by atoms with E-state index in [0.29, 0.717) is 29.8 Å². The lowest BCUT2D eigenvalue weighted by molar-refractivity contribution is -0.145. The first-order chi connectivity index (χ1) is 16.1. The third-order valence-electron chi connectivity index (χ3n) is 9.28. The Balaban J connectivity index is 1.33. The van der Waals surface area contributed by atoms with Crippen LogP contribution in [0.1, 0.15) is 68.9 Å². The number of rotatable bonds is 4. The molecule has 3 N–H and O–H groups in total. The van der Waals surface area contributed by atoms with Crippen LogP contribution in [0.25, 0.3) is 6.08 Å². The monoisotopic (exact) mass is 440 g/mol. The van der Waals surface area contributed by atoms with Crippen molar-refractivity contribution in [1.82, 2.24) is 5.32 Å². The molecule has 3 unspecified atom stereocenters. The number of hydrogen-bond donors (Lipinski definition) is 2. The molecule has 4 atom stereocenters. The molecule has 2 aromatic carbocycles. The molecule has 0 saturated heterocycles. The van der Waals surface area contributed by atoms with E-state index in [2.05, 4.69) is 72.1 Å². The summed E-state index contributed by atoms with van der Waals surface area (Å²) in [4.78, 5) is 13.9. The second-order valence-corrected chi connectivity index (χ2v) is 11.5. The Morgan fingerprint density at radius 3 is 2.09 bits per heavy atom. The van der Waals surface area contributed by atoms with Crippen LogP contribution < -0.4 is 11.1 Å². The number of nitrogens with two attached hydrogens (primary N) is 1. The molecule has 0 aliphatic heterocycles. The molecule has 0 aromatic heterocycles. The van der Waals surface area contributed by atoms with Crippen LogP contribution in [0, 0.1) is 17.3 Å². The maximum atomic E-state index is 13.9. The molecule has 5 aliphatic rings. The zero-order valence-electron chi connectivity index (χ0n) is 19.5. The Morgan fingerprint density at radius 2 is 1.45 bits per heavy atom. The van der Waals surface area contributed by atoms with E-state index in [1.54, 1.807) is 5.57 Å². The van der Waals surface area contributed by atoms with Crippen LogP contribution in [0.2, 0.25) is 0 Å². The molecule has 7 rings (SSSR count). The predicted octanol–water partition coefficient (Wildman–Crippen LogP) is 5.60. The van der Waals surface area contributed by atoms with Crippen LogP contribution in [0.5, 0.6) is 0 Å². The summed E-state index contributed by atoms with van der Waals surface area (Å²) in [6.07, 6.45) is 11.9. The van der Waals surface area contributed by atoms with Gasteiger partial charge < -0.3 is 11.1 Å². The smallest absolute Gasteiger partial charge is 0.226 e. The fraction of sp³-hybridized carbons (Fsp3) is 0.500. The second kappa shape index (κ2) is 8.13. The third kappa shape index (κ3) is 3.75. The van der Waals surface area contributed by atoms with Gasteiger partial charge in [0.1, 0.15) is 0 Å². The maximum Gasteiger partial charge on any atom is 0.226 e. The van der Waals surface area contributed by atoms with Gasteiger partial charge in [0.15, 0.2) is 0 Å². The van der Waals surface area contributed by atoms with Gasteiger partial charge in [-0.2, -0.15) is 0 Å². The molecule has 5 saturated carbocycles. The van der Waals surface area contributed by atoms with Gasteiger partial charge in [0.2, 0.25) is 5.91 Å². The summed E-state index contributed by atoms with van der Waals surface area (Å²) in [7, 11) is 0. The minimum atomic E-state index is -0.227. The van der Waals surface area contributed by atoms with Crippen molar-refractivity contribution < 1.29 is 4.79 Å². The Morgan fingerprint density at radius 1 is 0.848 bits per heavy atom. The average Bonchev–Trinajstić information content (AvgIpc) is 2.84. The van der Waals surface area contributed by atoms with Crippen molar-refractivity contribution >= 4 is 12.0 Å². The zero-order chi connectivity index (χ0) is 22.5. The molecular weight excluding hydrogens is 404 g/mol. The van der Waals surface area contributed by atoms with Crippen LogP contribution in [-0.4, -0.2) is 18.0 Å². The minimum absolute atomic E-state index is 0.132. The molecule has 33 heavy (non-hydrogen) atoms. The minimum Gasteiger partial charge on any atom is -0.353 e. The van der Waals surface area contributed by atoms with E-state index in [1.165, 1.54) is 24.0 Å². The summed E-state index contributed by atoms with van der Waals surface area (Å²) in [5, 5.41) is 3.52. The first-order valence-corrected chi connectivity index (χ1v) is 12.9. The second-order valence-electron chi connectivity index (χ2n) is 11.5. The maximum absolute atomic E-state index is 13.9. The fourth-order valence-electron chi connectivity index (χ4n) is 7.91. The van der Waals surface area contributed by atoms with Gasteiger partial charge in [-0.25, -0.2) is 0 Å². The van der Waals surface area contributed by atoms with E-state index in [0.717, 1.165) is 44.9 Å². The molecule has 3 nitrogen and oxygen atoms in total. The summed E-state index contributed by atoms with van der Waals surface area (Å²) in [5.74, 6) is 1.32. The largest absolute Gasteiger partial charge is 0.353 e. The number of amides is 1. The van der Waals surface area contributed by atoms with E-state index < -0.39 is 0 Å². The quantitative estimate of drug-likeness (QED) is 0.650. The van der Waals surface area contributed by atoms with Gasteiger partial charge in [0, 0.05) is 12.1 Å². The fourth-order valence-corrected chi connectivity index (χ4v) is 7.91. The van der Waals surface area contributed by atoms with Crippen molar-refractivity contribution in [1.29, 1.82) is 0 Å². The molecule has 3 heteroatoms. The SMILES string of the molecule is N[C@H]1CC[C@H](NC(=O)C23CC4CC(c5ccccc5)(C[C@H](C2)/C4=C/c2ccccc2)C3)CC1. The van der Waals surface area contributed by atoms with Crippen molar-refractivity contribution in [2.75, 3.05) is 0 Å². The van der Waals surface area contributed by atoms with E-state index in [9.17, 15) is 4.79 Å². The van der Waals surface area contributed by atoms with Gasteiger partial charge in [0.25, 0.3) is 0 Å². The number of nitrogens with one attached hydrogen (secondary N) is 1. The highest BCUT2D eigenvalue weighted by Gasteiger charge is 2.62. The first-order valence-electron chi connectivity index (χ1n) is 12.9. The molecule has 5 aliphatic carbocycles. The number of carbonyl (C=O) groups excluding carboxylic acids is 1. The van der Waals surface area contributed by atoms with Crippen LogP contribution >= 0.6 is 0 Å². The highest BCUT2D eigenvalue weighted by molar-refractivity contribution is 5.84. The summed E-state index contributed by atoms with van der Waals surface area (Å²) < 4.78 is 0. The molecule has 4 bridgehead atoms. The predicted molar refractivity (Wildman–Crippen MR) is 133 cm³/mol. The standard InChI is InChI=1S/C30H36N2O/c31-25-11-13-26(14-12-25)32-28(33)30-18-22-16-29(20-30,24-9-5-2-6-10-24)17-23(19-30)27(22)15-21-7-3-1-4-8-21/h1-10,15,22-23,25-26H,11-14,16-20,31H2,(H,32,33)/b27-15-/t22-,23?,25-,26-,29?,30?/m1/s1. The summed E-state index contributed by atoms with van der Waals surface area (Å²) >= 11 is 0. The van der Waals surface area contributed by atoms with Crippen molar-refractivity contribution in [2.24, 2.45) is 23.0 Å². The Hall–Kier alpha value is -2.39. The van der Waals surface area contributed by atoms with Gasteiger partial charge in [-0.05, 0) is 86.2 Å². The highest BCUT2D eigenvalue weighted by Crippen LogP contribution is 2.67. The van der Waals surface area contributed by atoms with Gasteiger partial charge in [0.05, 0.1) is 5.41 Å². The molecule has 5 fully saturated rings. The van der Waals surface area contributed by atoms with E-state index in [-0.39, 0.29) is 10.8 Å². The Kier molecular flexibility index (Phi) is 5.21. The van der Waals surface area contributed by atoms with E-state index in [1.807, 2.05) is 0 Å². The molecule has 0 spiro atoms. The first kappa shape index (κ1) is 21.2. The van der Waals surface area contributed by atoms with Gasteiger partial charge >= 0.3 is 0 Å². The summed E-state index contributed by atoms with van der Waals surface area (Å²) in [5.41, 5.74) is 10.4. The lowest BCUT2D eigenvalue weighted by atomic mass is 9.41. The van der Waals surface area contributed by atoms with Crippen LogP contribution in [-0.2, 0) is 10.2 Å². The number of benzene rings is 2. The number of carbonyl (C=O) groups is 1.